The van der Waals surface area contributed by atoms with Crippen molar-refractivity contribution in [1.82, 2.24) is 14.3 Å². The number of carbonyl (C=O) groups is 1. The largest absolute Gasteiger partial charge is 0.493 e. The molecule has 7 nitrogen and oxygen atoms in total. The summed E-state index contributed by atoms with van der Waals surface area (Å²) in [6.07, 6.45) is 0.963. The van der Waals surface area contributed by atoms with E-state index in [1.165, 1.54) is 12.1 Å². The van der Waals surface area contributed by atoms with Gasteiger partial charge in [-0.2, -0.15) is 5.10 Å². The van der Waals surface area contributed by atoms with Crippen LogP contribution in [0.25, 0.3) is 32.8 Å². The molecule has 242 valence electrons. The van der Waals surface area contributed by atoms with Crippen molar-refractivity contribution >= 4 is 39.2 Å². The molecule has 0 amide bonds. The van der Waals surface area contributed by atoms with Gasteiger partial charge in [-0.05, 0) is 67.5 Å². The van der Waals surface area contributed by atoms with E-state index in [0.29, 0.717) is 59.0 Å². The second-order valence-electron chi connectivity index (χ2n) is 11.4. The van der Waals surface area contributed by atoms with E-state index in [9.17, 15) is 9.18 Å². The van der Waals surface area contributed by atoms with Gasteiger partial charge >= 0.3 is 5.97 Å². The highest BCUT2D eigenvalue weighted by Gasteiger charge is 2.35. The van der Waals surface area contributed by atoms with Crippen LogP contribution in [0, 0.1) is 5.82 Å². The van der Waals surface area contributed by atoms with Crippen molar-refractivity contribution in [2.45, 2.75) is 58.6 Å². The molecule has 0 atom stereocenters. The van der Waals surface area contributed by atoms with Gasteiger partial charge in [0.05, 0.1) is 36.1 Å². The zero-order valence-corrected chi connectivity index (χ0v) is 26.7. The van der Waals surface area contributed by atoms with E-state index in [1.54, 1.807) is 35.4 Å². The van der Waals surface area contributed by atoms with Crippen molar-refractivity contribution in [3.8, 4) is 16.9 Å². The number of fused-ring (bicyclic) bond motifs is 3. The molecule has 0 bridgehead atoms. The molecule has 3 heterocycles. The fraction of sp³-hybridized carbons (Fsp3) is 0.371. The molecule has 11 heteroatoms. The summed E-state index contributed by atoms with van der Waals surface area (Å²) in [4.78, 5) is 13.7. The van der Waals surface area contributed by atoms with Gasteiger partial charge in [0.1, 0.15) is 23.9 Å². The predicted molar refractivity (Wildman–Crippen MR) is 171 cm³/mol. The third kappa shape index (κ3) is 5.96. The summed E-state index contributed by atoms with van der Waals surface area (Å²) in [5.41, 5.74) is 4.21. The lowest BCUT2D eigenvalue weighted by Gasteiger charge is -2.18. The molecule has 46 heavy (non-hydrogen) atoms. The van der Waals surface area contributed by atoms with Crippen molar-refractivity contribution in [3.63, 3.8) is 0 Å². The van der Waals surface area contributed by atoms with Gasteiger partial charge < -0.3 is 18.8 Å². The highest BCUT2D eigenvalue weighted by molar-refractivity contribution is 6.35. The minimum absolute atomic E-state index is 0.109. The van der Waals surface area contributed by atoms with Crippen LogP contribution in [0.4, 0.5) is 13.2 Å². The fourth-order valence-electron chi connectivity index (χ4n) is 6.48. The number of ether oxygens (including phenoxy) is 3. The molecule has 0 unspecified atom stereocenters. The Balaban J connectivity index is 1.47. The maximum atomic E-state index is 15.1. The van der Waals surface area contributed by atoms with Crippen LogP contribution in [0.15, 0.2) is 48.5 Å². The van der Waals surface area contributed by atoms with E-state index >= 15 is 8.78 Å². The quantitative estimate of drug-likeness (QED) is 0.125. The Morgan fingerprint density at radius 2 is 1.91 bits per heavy atom. The molecule has 0 saturated carbocycles. The van der Waals surface area contributed by atoms with Gasteiger partial charge in [-0.25, -0.2) is 18.0 Å². The molecule has 1 aliphatic rings. The number of hydrogen-bond acceptors (Lipinski definition) is 5. The van der Waals surface area contributed by atoms with E-state index < -0.39 is 24.9 Å². The molecule has 2 aromatic heterocycles. The first-order valence-electron chi connectivity index (χ1n) is 15.5. The molecule has 3 aromatic carbocycles. The zero-order chi connectivity index (χ0) is 32.6. The molecular formula is C35H35ClF3N3O4. The fourth-order valence-corrected chi connectivity index (χ4v) is 6.73. The van der Waals surface area contributed by atoms with Crippen LogP contribution in [0.5, 0.6) is 5.75 Å². The number of aromatic nitrogens is 3. The SMILES string of the molecule is CCOC(=O)c1c(CCCOc2cccc3cc(F)ccc23)c2ccc(Cl)c3c2n1CCC(F)(F)COCc1nn(C)c(CC)c1-3. The molecule has 1 aliphatic heterocycles. The molecule has 0 N–H and O–H groups in total. The number of esters is 1. The number of benzene rings is 3. The minimum atomic E-state index is -3.15. The van der Waals surface area contributed by atoms with Crippen molar-refractivity contribution < 1.29 is 32.2 Å². The van der Waals surface area contributed by atoms with Crippen LogP contribution in [0.3, 0.4) is 0 Å². The van der Waals surface area contributed by atoms with Crippen LogP contribution in [-0.4, -0.2) is 46.1 Å². The topological polar surface area (TPSA) is 67.5 Å². The smallest absolute Gasteiger partial charge is 0.355 e. The predicted octanol–water partition coefficient (Wildman–Crippen LogP) is 8.29. The summed E-state index contributed by atoms with van der Waals surface area (Å²) in [7, 11) is 1.81. The maximum Gasteiger partial charge on any atom is 0.355 e. The first kappa shape index (κ1) is 31.9. The van der Waals surface area contributed by atoms with E-state index in [0.717, 1.165) is 27.4 Å². The number of aryl methyl sites for hydroxylation is 3. The summed E-state index contributed by atoms with van der Waals surface area (Å²) in [6.45, 7) is 3.07. The number of hydrogen-bond donors (Lipinski definition) is 0. The first-order valence-corrected chi connectivity index (χ1v) is 15.8. The summed E-state index contributed by atoms with van der Waals surface area (Å²) in [5, 5.41) is 7.29. The van der Waals surface area contributed by atoms with Gasteiger partial charge in [0.2, 0.25) is 0 Å². The van der Waals surface area contributed by atoms with Crippen molar-refractivity contribution in [1.29, 1.82) is 0 Å². The summed E-state index contributed by atoms with van der Waals surface area (Å²) in [5.74, 6) is -3.45. The monoisotopic (exact) mass is 653 g/mol. The number of carbonyl (C=O) groups excluding carboxylic acids is 1. The molecule has 0 spiro atoms. The minimum Gasteiger partial charge on any atom is -0.493 e. The summed E-state index contributed by atoms with van der Waals surface area (Å²) >= 11 is 6.95. The summed E-state index contributed by atoms with van der Waals surface area (Å²) < 4.78 is 64.6. The van der Waals surface area contributed by atoms with Crippen LogP contribution < -0.4 is 4.74 Å². The van der Waals surface area contributed by atoms with Gasteiger partial charge in [0, 0.05) is 47.6 Å². The molecular weight excluding hydrogens is 619 g/mol. The van der Waals surface area contributed by atoms with Crippen molar-refractivity contribution in [2.75, 3.05) is 19.8 Å². The third-order valence-corrected chi connectivity index (χ3v) is 8.77. The number of nitrogens with zero attached hydrogens (tertiary/aromatic N) is 3. The van der Waals surface area contributed by atoms with Crippen molar-refractivity contribution in [3.05, 3.63) is 82.0 Å². The van der Waals surface area contributed by atoms with Crippen LogP contribution in [-0.2, 0) is 42.5 Å². The Labute approximate surface area is 269 Å². The number of alkyl halides is 2. The standard InChI is InChI=1S/C35H35ClF3N3O4/c1-4-28-31-27(40-41(28)3)19-44-20-35(38,39)15-16-42-32-25(13-14-26(36)30(31)32)24(33(42)34(43)45-5-2)9-7-17-46-29-10-6-8-21-18-22(37)11-12-23(21)29/h6,8,10-14,18H,4-5,7,9,15-17,19-20H2,1-3H3. The van der Waals surface area contributed by atoms with E-state index in [4.69, 9.17) is 25.8 Å². The maximum absolute atomic E-state index is 15.1. The molecule has 0 fully saturated rings. The van der Waals surface area contributed by atoms with E-state index in [-0.39, 0.29) is 31.3 Å². The van der Waals surface area contributed by atoms with Gasteiger partial charge in [-0.3, -0.25) is 4.68 Å². The highest BCUT2D eigenvalue weighted by Crippen LogP contribution is 2.43. The third-order valence-electron chi connectivity index (χ3n) is 8.45. The van der Waals surface area contributed by atoms with Crippen LogP contribution in [0.2, 0.25) is 5.02 Å². The zero-order valence-electron chi connectivity index (χ0n) is 26.0. The Kier molecular flexibility index (Phi) is 9.03. The highest BCUT2D eigenvalue weighted by atomic mass is 35.5. The lowest BCUT2D eigenvalue weighted by molar-refractivity contribution is -0.0890. The lowest BCUT2D eigenvalue weighted by Crippen LogP contribution is -2.26. The number of halogens is 4. The lowest BCUT2D eigenvalue weighted by atomic mass is 9.97. The molecule has 0 radical (unpaired) electrons. The molecule has 0 aliphatic carbocycles. The van der Waals surface area contributed by atoms with Gasteiger partial charge in [-0.15, -0.1) is 0 Å². The molecule has 6 rings (SSSR count). The molecule has 5 aromatic rings. The Morgan fingerprint density at radius 1 is 1.11 bits per heavy atom. The average molecular weight is 654 g/mol. The van der Waals surface area contributed by atoms with E-state index in [2.05, 4.69) is 5.10 Å². The second kappa shape index (κ2) is 13.0. The van der Waals surface area contributed by atoms with Crippen molar-refractivity contribution in [2.24, 2.45) is 7.05 Å². The number of rotatable bonds is 8. The van der Waals surface area contributed by atoms with Crippen LogP contribution >= 0.6 is 11.6 Å². The molecule has 0 saturated heterocycles. The first-order chi connectivity index (χ1) is 22.1. The normalized spacial score (nSPS) is 14.7. The average Bonchev–Trinajstić information content (AvgIpc) is 3.50. The Morgan fingerprint density at radius 3 is 2.70 bits per heavy atom. The van der Waals surface area contributed by atoms with Gasteiger partial charge in [0.15, 0.2) is 0 Å². The van der Waals surface area contributed by atoms with Gasteiger partial charge in [0.25, 0.3) is 5.92 Å². The van der Waals surface area contributed by atoms with Gasteiger partial charge in [-0.1, -0.05) is 36.7 Å². The van der Waals surface area contributed by atoms with Crippen LogP contribution in [0.1, 0.15) is 54.1 Å². The second-order valence-corrected chi connectivity index (χ2v) is 11.8. The Hall–Kier alpha value is -4.02. The van der Waals surface area contributed by atoms with E-state index in [1.807, 2.05) is 31.2 Å². The summed E-state index contributed by atoms with van der Waals surface area (Å²) in [6, 6.07) is 13.6. The Bertz CT molecular complexity index is 1930.